The number of carbonyl (C=O) groups excluding carboxylic acids is 2. The van der Waals surface area contributed by atoms with E-state index >= 15 is 0 Å². The molecule has 3 N–H and O–H groups in total. The van der Waals surface area contributed by atoms with Gasteiger partial charge in [0, 0.05) is 11.1 Å². The Morgan fingerprint density at radius 3 is 2.19 bits per heavy atom. The zero-order chi connectivity index (χ0) is 16.0. The van der Waals surface area contributed by atoms with Crippen molar-refractivity contribution in [1.29, 1.82) is 0 Å². The van der Waals surface area contributed by atoms with Gasteiger partial charge in [0.25, 0.3) is 5.91 Å². The summed E-state index contributed by atoms with van der Waals surface area (Å²) in [6.07, 6.45) is 0.517. The number of benzene rings is 1. The number of ether oxygens (including phenoxy) is 1. The maximum absolute atomic E-state index is 12.2. The molecule has 0 heterocycles. The Balaban J connectivity index is 2.81. The third-order valence-electron chi connectivity index (χ3n) is 2.93. The Hall–Kier alpha value is -1.95. The van der Waals surface area contributed by atoms with Crippen LogP contribution in [0.4, 0.5) is 0 Å². The molecule has 0 aliphatic rings. The van der Waals surface area contributed by atoms with Crippen molar-refractivity contribution in [2.75, 3.05) is 7.11 Å². The minimum atomic E-state index is -0.655. The molecule has 0 saturated carbocycles. The SMILES string of the molecule is COC(=O)C(CC(C)C)NC(=O)c1ccc(C(N)=S)cc1. The largest absolute Gasteiger partial charge is 0.467 e. The number of thiocarbonyl (C=S) groups is 1. The van der Waals surface area contributed by atoms with E-state index in [0.29, 0.717) is 17.5 Å². The second kappa shape index (κ2) is 7.73. The lowest BCUT2D eigenvalue weighted by Crippen LogP contribution is -2.42. The van der Waals surface area contributed by atoms with Crippen molar-refractivity contribution < 1.29 is 14.3 Å². The molecule has 21 heavy (non-hydrogen) atoms. The van der Waals surface area contributed by atoms with Crippen molar-refractivity contribution in [3.05, 3.63) is 35.4 Å². The van der Waals surface area contributed by atoms with Crippen molar-refractivity contribution in [3.63, 3.8) is 0 Å². The summed E-state index contributed by atoms with van der Waals surface area (Å²) in [6.45, 7) is 3.94. The summed E-state index contributed by atoms with van der Waals surface area (Å²) < 4.78 is 4.71. The van der Waals surface area contributed by atoms with E-state index in [4.69, 9.17) is 22.7 Å². The van der Waals surface area contributed by atoms with Gasteiger partial charge in [-0.05, 0) is 24.5 Å². The summed E-state index contributed by atoms with van der Waals surface area (Å²) in [5.74, 6) is -0.524. The van der Waals surface area contributed by atoms with Crippen LogP contribution in [-0.4, -0.2) is 30.0 Å². The maximum atomic E-state index is 12.2. The fourth-order valence-electron chi connectivity index (χ4n) is 1.86. The highest BCUT2D eigenvalue weighted by Crippen LogP contribution is 2.09. The van der Waals surface area contributed by atoms with Gasteiger partial charge in [-0.1, -0.05) is 38.2 Å². The minimum absolute atomic E-state index is 0.256. The van der Waals surface area contributed by atoms with Crippen molar-refractivity contribution >= 4 is 29.1 Å². The Bertz CT molecular complexity index is 526. The van der Waals surface area contributed by atoms with Crippen LogP contribution < -0.4 is 11.1 Å². The molecule has 1 atom stereocenters. The van der Waals surface area contributed by atoms with Crippen LogP contribution >= 0.6 is 12.2 Å². The molecular formula is C15H20N2O3S. The molecule has 0 aliphatic carbocycles. The molecule has 0 bridgehead atoms. The van der Waals surface area contributed by atoms with E-state index in [1.54, 1.807) is 24.3 Å². The summed E-state index contributed by atoms with van der Waals surface area (Å²) >= 11 is 4.85. The molecule has 5 nitrogen and oxygen atoms in total. The number of hydrogen-bond acceptors (Lipinski definition) is 4. The highest BCUT2D eigenvalue weighted by molar-refractivity contribution is 7.80. The normalized spacial score (nSPS) is 11.8. The Morgan fingerprint density at radius 2 is 1.76 bits per heavy atom. The molecule has 0 radical (unpaired) electrons. The van der Waals surface area contributed by atoms with Crippen LogP contribution in [0.3, 0.4) is 0 Å². The van der Waals surface area contributed by atoms with Gasteiger partial charge >= 0.3 is 5.97 Å². The monoisotopic (exact) mass is 308 g/mol. The van der Waals surface area contributed by atoms with E-state index in [9.17, 15) is 9.59 Å². The third kappa shape index (κ3) is 5.15. The molecule has 0 fully saturated rings. The first-order chi connectivity index (χ1) is 9.85. The molecule has 1 aromatic rings. The highest BCUT2D eigenvalue weighted by Gasteiger charge is 2.23. The predicted molar refractivity (Wildman–Crippen MR) is 85.1 cm³/mol. The average molecular weight is 308 g/mol. The number of nitrogens with two attached hydrogens (primary N) is 1. The highest BCUT2D eigenvalue weighted by atomic mass is 32.1. The van der Waals surface area contributed by atoms with E-state index in [0.717, 1.165) is 0 Å². The predicted octanol–water partition coefficient (Wildman–Crippen LogP) is 1.64. The van der Waals surface area contributed by atoms with E-state index < -0.39 is 12.0 Å². The van der Waals surface area contributed by atoms with Gasteiger partial charge in [-0.25, -0.2) is 4.79 Å². The second-order valence-corrected chi connectivity index (χ2v) is 5.56. The number of carbonyl (C=O) groups is 2. The van der Waals surface area contributed by atoms with Gasteiger partial charge < -0.3 is 15.8 Å². The number of rotatable bonds is 6. The molecular weight excluding hydrogens is 288 g/mol. The first kappa shape index (κ1) is 17.1. The molecule has 1 aromatic carbocycles. The molecule has 0 spiro atoms. The van der Waals surface area contributed by atoms with Crippen LogP contribution in [0.25, 0.3) is 0 Å². The van der Waals surface area contributed by atoms with Crippen LogP contribution in [0.5, 0.6) is 0 Å². The summed E-state index contributed by atoms with van der Waals surface area (Å²) in [5, 5.41) is 2.69. The molecule has 6 heteroatoms. The van der Waals surface area contributed by atoms with E-state index in [1.807, 2.05) is 13.8 Å². The van der Waals surface area contributed by atoms with Gasteiger partial charge in [0.1, 0.15) is 11.0 Å². The number of methoxy groups -OCH3 is 1. The standard InChI is InChI=1S/C15H20N2O3S/c1-9(2)8-12(15(19)20-3)17-14(18)11-6-4-10(5-7-11)13(16)21/h4-7,9,12H,8H2,1-3H3,(H2,16,21)(H,17,18). The number of esters is 1. The molecule has 1 rings (SSSR count). The van der Waals surface area contributed by atoms with Gasteiger partial charge in [0.05, 0.1) is 7.11 Å². The van der Waals surface area contributed by atoms with Gasteiger partial charge in [-0.15, -0.1) is 0 Å². The Morgan fingerprint density at radius 1 is 1.24 bits per heavy atom. The fourth-order valence-corrected chi connectivity index (χ4v) is 1.99. The lowest BCUT2D eigenvalue weighted by molar-refractivity contribution is -0.143. The first-order valence-electron chi connectivity index (χ1n) is 6.63. The maximum Gasteiger partial charge on any atom is 0.328 e. The summed E-state index contributed by atoms with van der Waals surface area (Å²) in [4.78, 5) is 24.1. The molecule has 0 aromatic heterocycles. The zero-order valence-electron chi connectivity index (χ0n) is 12.4. The van der Waals surface area contributed by atoms with Crippen LogP contribution in [-0.2, 0) is 9.53 Å². The quantitative estimate of drug-likeness (QED) is 0.617. The topological polar surface area (TPSA) is 81.4 Å². The van der Waals surface area contributed by atoms with Gasteiger partial charge in [-0.2, -0.15) is 0 Å². The number of nitrogens with one attached hydrogen (secondary N) is 1. The van der Waals surface area contributed by atoms with Gasteiger partial charge in [-0.3, -0.25) is 4.79 Å². The van der Waals surface area contributed by atoms with Crippen LogP contribution in [0.2, 0.25) is 0 Å². The van der Waals surface area contributed by atoms with E-state index in [-0.39, 0.29) is 16.8 Å². The molecule has 1 unspecified atom stereocenters. The van der Waals surface area contributed by atoms with E-state index in [2.05, 4.69) is 5.32 Å². The lowest BCUT2D eigenvalue weighted by atomic mass is 10.0. The van der Waals surface area contributed by atoms with Crippen LogP contribution in [0.1, 0.15) is 36.2 Å². The number of hydrogen-bond donors (Lipinski definition) is 2. The summed E-state index contributed by atoms with van der Waals surface area (Å²) in [6, 6.07) is 5.93. The summed E-state index contributed by atoms with van der Waals surface area (Å²) in [5.41, 5.74) is 6.63. The van der Waals surface area contributed by atoms with Crippen molar-refractivity contribution in [3.8, 4) is 0 Å². The Labute approximate surface area is 129 Å². The molecule has 0 saturated heterocycles. The second-order valence-electron chi connectivity index (χ2n) is 5.12. The smallest absolute Gasteiger partial charge is 0.328 e. The average Bonchev–Trinajstić information content (AvgIpc) is 2.45. The minimum Gasteiger partial charge on any atom is -0.467 e. The Kier molecular flexibility index (Phi) is 6.30. The lowest BCUT2D eigenvalue weighted by Gasteiger charge is -2.18. The van der Waals surface area contributed by atoms with E-state index in [1.165, 1.54) is 7.11 Å². The van der Waals surface area contributed by atoms with Crippen LogP contribution in [0.15, 0.2) is 24.3 Å². The first-order valence-corrected chi connectivity index (χ1v) is 7.04. The van der Waals surface area contributed by atoms with Gasteiger partial charge in [0.15, 0.2) is 0 Å². The molecule has 0 aliphatic heterocycles. The molecule has 114 valence electrons. The van der Waals surface area contributed by atoms with Crippen LogP contribution in [0, 0.1) is 5.92 Å². The van der Waals surface area contributed by atoms with Crippen molar-refractivity contribution in [2.24, 2.45) is 11.7 Å². The van der Waals surface area contributed by atoms with Crippen molar-refractivity contribution in [1.82, 2.24) is 5.32 Å². The molecule has 1 amide bonds. The van der Waals surface area contributed by atoms with Gasteiger partial charge in [0.2, 0.25) is 0 Å². The zero-order valence-corrected chi connectivity index (χ0v) is 13.2. The number of amides is 1. The third-order valence-corrected chi connectivity index (χ3v) is 3.17. The van der Waals surface area contributed by atoms with Crippen molar-refractivity contribution in [2.45, 2.75) is 26.3 Å². The summed E-state index contributed by atoms with van der Waals surface area (Å²) in [7, 11) is 1.30. The fraction of sp³-hybridized carbons (Fsp3) is 0.400.